The van der Waals surface area contributed by atoms with E-state index >= 15 is 0 Å². The van der Waals surface area contributed by atoms with E-state index in [0.717, 1.165) is 28.2 Å². The summed E-state index contributed by atoms with van der Waals surface area (Å²) in [5.74, 6) is -0.917. The molecule has 0 atom stereocenters. The summed E-state index contributed by atoms with van der Waals surface area (Å²) in [6.07, 6.45) is 1.71. The molecule has 0 aliphatic carbocycles. The Bertz CT molecular complexity index is 954. The van der Waals surface area contributed by atoms with Crippen LogP contribution in [0.5, 0.6) is 0 Å². The number of hydrogen-bond acceptors (Lipinski definition) is 4. The molecular weight excluding hydrogens is 342 g/mol. The standard InChI is InChI=1S/C21H21N3O3/c1-14-5-4-6-15(2)20(14)23-19(25)13-27-21(26)17-7-9-18(10-8-17)24-16(3)11-12-22-24/h4-12H,13H2,1-3H3,(H,23,25). The van der Waals surface area contributed by atoms with Gasteiger partial charge in [-0.2, -0.15) is 5.10 Å². The molecular formula is C21H21N3O3. The number of anilines is 1. The van der Waals surface area contributed by atoms with Crippen molar-refractivity contribution in [2.75, 3.05) is 11.9 Å². The first-order valence-corrected chi connectivity index (χ1v) is 8.60. The fourth-order valence-corrected chi connectivity index (χ4v) is 2.78. The summed E-state index contributed by atoms with van der Waals surface area (Å²) in [5.41, 5.74) is 4.88. The third kappa shape index (κ3) is 4.23. The van der Waals surface area contributed by atoms with Crippen molar-refractivity contribution in [3.05, 3.63) is 77.1 Å². The van der Waals surface area contributed by atoms with Crippen LogP contribution in [0.2, 0.25) is 0 Å². The van der Waals surface area contributed by atoms with E-state index in [1.54, 1.807) is 35.1 Å². The number of esters is 1. The topological polar surface area (TPSA) is 73.2 Å². The minimum Gasteiger partial charge on any atom is -0.452 e. The van der Waals surface area contributed by atoms with Crippen LogP contribution >= 0.6 is 0 Å². The van der Waals surface area contributed by atoms with E-state index in [2.05, 4.69) is 10.4 Å². The number of carbonyl (C=O) groups is 2. The Balaban J connectivity index is 1.59. The lowest BCUT2D eigenvalue weighted by Crippen LogP contribution is -2.21. The van der Waals surface area contributed by atoms with Crippen LogP contribution in [0.1, 0.15) is 27.2 Å². The van der Waals surface area contributed by atoms with Gasteiger partial charge in [-0.25, -0.2) is 9.48 Å². The highest BCUT2D eigenvalue weighted by Crippen LogP contribution is 2.19. The minimum atomic E-state index is -0.546. The fourth-order valence-electron chi connectivity index (χ4n) is 2.78. The molecule has 0 radical (unpaired) electrons. The SMILES string of the molecule is Cc1cccc(C)c1NC(=O)COC(=O)c1ccc(-n2nccc2C)cc1. The zero-order chi connectivity index (χ0) is 19.4. The number of carbonyl (C=O) groups excluding carboxylic acids is 2. The molecule has 6 heteroatoms. The maximum absolute atomic E-state index is 12.2. The molecule has 1 N–H and O–H groups in total. The summed E-state index contributed by atoms with van der Waals surface area (Å²) in [6, 6.07) is 14.5. The van der Waals surface area contributed by atoms with Crippen LogP contribution in [0.15, 0.2) is 54.7 Å². The lowest BCUT2D eigenvalue weighted by Gasteiger charge is -2.11. The molecule has 3 aromatic rings. The molecule has 0 spiro atoms. The van der Waals surface area contributed by atoms with E-state index in [1.165, 1.54) is 0 Å². The zero-order valence-corrected chi connectivity index (χ0v) is 15.5. The van der Waals surface area contributed by atoms with Crippen molar-refractivity contribution in [1.82, 2.24) is 9.78 Å². The second-order valence-corrected chi connectivity index (χ2v) is 6.32. The van der Waals surface area contributed by atoms with Gasteiger partial charge in [0.15, 0.2) is 6.61 Å². The predicted octanol–water partition coefficient (Wildman–Crippen LogP) is 3.59. The van der Waals surface area contributed by atoms with Crippen molar-refractivity contribution in [1.29, 1.82) is 0 Å². The number of nitrogens with zero attached hydrogens (tertiary/aromatic N) is 2. The molecule has 1 aromatic heterocycles. The zero-order valence-electron chi connectivity index (χ0n) is 15.5. The van der Waals surface area contributed by atoms with Gasteiger partial charge in [-0.1, -0.05) is 18.2 Å². The number of rotatable bonds is 5. The summed E-state index contributed by atoms with van der Waals surface area (Å²) in [6.45, 7) is 5.44. The van der Waals surface area contributed by atoms with Gasteiger partial charge < -0.3 is 10.1 Å². The van der Waals surface area contributed by atoms with Crippen LogP contribution in [0, 0.1) is 20.8 Å². The first kappa shape index (κ1) is 18.4. The molecule has 3 rings (SSSR count). The van der Waals surface area contributed by atoms with E-state index in [9.17, 15) is 9.59 Å². The average Bonchev–Trinajstić information content (AvgIpc) is 3.09. The quantitative estimate of drug-likeness (QED) is 0.703. The predicted molar refractivity (Wildman–Crippen MR) is 103 cm³/mol. The van der Waals surface area contributed by atoms with Crippen molar-refractivity contribution >= 4 is 17.6 Å². The van der Waals surface area contributed by atoms with Gasteiger partial charge in [0.25, 0.3) is 5.91 Å². The Morgan fingerprint density at radius 3 is 2.26 bits per heavy atom. The molecule has 0 unspecified atom stereocenters. The largest absolute Gasteiger partial charge is 0.452 e. The molecule has 1 heterocycles. The van der Waals surface area contributed by atoms with E-state index < -0.39 is 5.97 Å². The van der Waals surface area contributed by atoms with Gasteiger partial charge in [-0.05, 0) is 62.2 Å². The normalized spacial score (nSPS) is 10.5. The molecule has 0 saturated heterocycles. The second kappa shape index (κ2) is 7.86. The van der Waals surface area contributed by atoms with Crippen molar-refractivity contribution in [2.45, 2.75) is 20.8 Å². The van der Waals surface area contributed by atoms with Crippen LogP contribution in [0.4, 0.5) is 5.69 Å². The fraction of sp³-hybridized carbons (Fsp3) is 0.190. The van der Waals surface area contributed by atoms with Crippen LogP contribution < -0.4 is 5.32 Å². The highest BCUT2D eigenvalue weighted by Gasteiger charge is 2.12. The maximum atomic E-state index is 12.2. The van der Waals surface area contributed by atoms with Gasteiger partial charge >= 0.3 is 5.97 Å². The van der Waals surface area contributed by atoms with Crippen molar-refractivity contribution in [3.63, 3.8) is 0 Å². The number of para-hydroxylation sites is 1. The number of nitrogens with one attached hydrogen (secondary N) is 1. The monoisotopic (exact) mass is 363 g/mol. The lowest BCUT2D eigenvalue weighted by molar-refractivity contribution is -0.119. The average molecular weight is 363 g/mol. The smallest absolute Gasteiger partial charge is 0.338 e. The Morgan fingerprint density at radius 1 is 1.00 bits per heavy atom. The molecule has 2 aromatic carbocycles. The van der Waals surface area contributed by atoms with Crippen LogP contribution in [-0.4, -0.2) is 28.3 Å². The molecule has 0 saturated carbocycles. The molecule has 0 fully saturated rings. The van der Waals surface area contributed by atoms with Crippen molar-refractivity contribution < 1.29 is 14.3 Å². The summed E-state index contributed by atoms with van der Waals surface area (Å²) in [5, 5.41) is 7.01. The summed E-state index contributed by atoms with van der Waals surface area (Å²) in [4.78, 5) is 24.3. The van der Waals surface area contributed by atoms with Gasteiger partial charge in [0, 0.05) is 17.6 Å². The number of amides is 1. The van der Waals surface area contributed by atoms with E-state index in [-0.39, 0.29) is 12.5 Å². The van der Waals surface area contributed by atoms with Crippen LogP contribution in [0.25, 0.3) is 5.69 Å². The molecule has 0 aliphatic rings. The summed E-state index contributed by atoms with van der Waals surface area (Å²) in [7, 11) is 0. The Morgan fingerprint density at radius 2 is 1.67 bits per heavy atom. The maximum Gasteiger partial charge on any atom is 0.338 e. The van der Waals surface area contributed by atoms with Gasteiger partial charge in [-0.3, -0.25) is 4.79 Å². The van der Waals surface area contributed by atoms with Gasteiger partial charge in [0.2, 0.25) is 0 Å². The van der Waals surface area contributed by atoms with E-state index in [0.29, 0.717) is 5.56 Å². The highest BCUT2D eigenvalue weighted by atomic mass is 16.5. The van der Waals surface area contributed by atoms with E-state index in [1.807, 2.05) is 45.0 Å². The lowest BCUT2D eigenvalue weighted by atomic mass is 10.1. The summed E-state index contributed by atoms with van der Waals surface area (Å²) >= 11 is 0. The minimum absolute atomic E-state index is 0.341. The second-order valence-electron chi connectivity index (χ2n) is 6.32. The number of hydrogen-bond donors (Lipinski definition) is 1. The van der Waals surface area contributed by atoms with Gasteiger partial charge in [-0.15, -0.1) is 0 Å². The molecule has 0 aliphatic heterocycles. The third-order valence-electron chi connectivity index (χ3n) is 4.26. The molecule has 27 heavy (non-hydrogen) atoms. The number of aryl methyl sites for hydroxylation is 3. The Hall–Kier alpha value is -3.41. The van der Waals surface area contributed by atoms with Gasteiger partial charge in [0.05, 0.1) is 11.3 Å². The third-order valence-corrected chi connectivity index (χ3v) is 4.26. The van der Waals surface area contributed by atoms with E-state index in [4.69, 9.17) is 4.74 Å². The Labute approximate surface area is 157 Å². The van der Waals surface area contributed by atoms with Crippen LogP contribution in [-0.2, 0) is 9.53 Å². The molecule has 6 nitrogen and oxygen atoms in total. The molecule has 1 amide bonds. The first-order valence-electron chi connectivity index (χ1n) is 8.60. The van der Waals surface area contributed by atoms with Crippen LogP contribution in [0.3, 0.4) is 0 Å². The number of benzene rings is 2. The molecule has 0 bridgehead atoms. The summed E-state index contributed by atoms with van der Waals surface area (Å²) < 4.78 is 6.89. The van der Waals surface area contributed by atoms with Crippen molar-refractivity contribution in [3.8, 4) is 5.69 Å². The number of aromatic nitrogens is 2. The molecule has 138 valence electrons. The van der Waals surface area contributed by atoms with Crippen molar-refractivity contribution in [2.24, 2.45) is 0 Å². The van der Waals surface area contributed by atoms with Gasteiger partial charge in [0.1, 0.15) is 0 Å². The highest BCUT2D eigenvalue weighted by molar-refractivity contribution is 5.96. The Kier molecular flexibility index (Phi) is 5.35. The first-order chi connectivity index (χ1) is 13.0. The number of ether oxygens (including phenoxy) is 1.